The van der Waals surface area contributed by atoms with Gasteiger partial charge in [-0.25, -0.2) is 13.7 Å². The number of benzene rings is 1. The maximum absolute atomic E-state index is 13.8. The topological polar surface area (TPSA) is 109 Å². The molecule has 5 rings (SSSR count). The minimum atomic E-state index is -1.32. The third kappa shape index (κ3) is 4.94. The number of likely N-dealkylation sites (tertiary alicyclic amines) is 1. The Morgan fingerprint density at radius 2 is 2.08 bits per heavy atom. The molecule has 4 heterocycles. The van der Waals surface area contributed by atoms with Crippen LogP contribution in [0.5, 0.6) is 0 Å². The zero-order chi connectivity index (χ0) is 25.4. The maximum Gasteiger partial charge on any atom is 0.256 e. The van der Waals surface area contributed by atoms with Gasteiger partial charge in [-0.2, -0.15) is 5.10 Å². The van der Waals surface area contributed by atoms with Crippen molar-refractivity contribution in [3.8, 4) is 0 Å². The number of carbonyl (C=O) groups excluding carboxylic acids is 1. The average molecular weight is 530 g/mol. The summed E-state index contributed by atoms with van der Waals surface area (Å²) in [6.45, 7) is 5.24. The van der Waals surface area contributed by atoms with Gasteiger partial charge < -0.3 is 20.3 Å². The average Bonchev–Trinajstić information content (AvgIpc) is 3.50. The van der Waals surface area contributed by atoms with Crippen molar-refractivity contribution in [2.75, 3.05) is 42.1 Å². The first-order valence-corrected chi connectivity index (χ1v) is 14.3. The molecule has 0 saturated carbocycles. The number of halogens is 1. The summed E-state index contributed by atoms with van der Waals surface area (Å²) >= 11 is 6.24. The molecular weight excluding hydrogens is 498 g/mol. The fourth-order valence-corrected chi connectivity index (χ4v) is 5.95. The van der Waals surface area contributed by atoms with Crippen LogP contribution in [0.15, 0.2) is 30.5 Å². The van der Waals surface area contributed by atoms with Crippen LogP contribution in [0.25, 0.3) is 5.65 Å². The molecule has 0 bridgehead atoms. The van der Waals surface area contributed by atoms with Gasteiger partial charge in [0.2, 0.25) is 0 Å². The summed E-state index contributed by atoms with van der Waals surface area (Å²) in [5.41, 5.74) is 9.46. The van der Waals surface area contributed by atoms with E-state index in [0.717, 1.165) is 61.5 Å². The van der Waals surface area contributed by atoms with Gasteiger partial charge in [-0.1, -0.05) is 11.6 Å². The number of piperidine rings is 1. The van der Waals surface area contributed by atoms with Crippen molar-refractivity contribution >= 4 is 45.6 Å². The van der Waals surface area contributed by atoms with Crippen LogP contribution in [0, 0.1) is 12.8 Å². The highest BCUT2D eigenvalue weighted by Gasteiger charge is 2.32. The van der Waals surface area contributed by atoms with Crippen LogP contribution in [0.2, 0.25) is 5.02 Å². The van der Waals surface area contributed by atoms with Gasteiger partial charge in [0.1, 0.15) is 16.8 Å². The van der Waals surface area contributed by atoms with E-state index < -0.39 is 11.0 Å². The van der Waals surface area contributed by atoms with Crippen molar-refractivity contribution in [3.05, 3.63) is 52.3 Å². The summed E-state index contributed by atoms with van der Waals surface area (Å²) in [7, 11) is -1.32. The molecule has 0 aliphatic carbocycles. The Bertz CT molecular complexity index is 1310. The van der Waals surface area contributed by atoms with Crippen LogP contribution < -0.4 is 15.4 Å². The molecule has 0 spiro atoms. The van der Waals surface area contributed by atoms with Crippen LogP contribution in [0.4, 0.5) is 11.5 Å². The Hall–Kier alpha value is -2.69. The lowest BCUT2D eigenvalue weighted by Gasteiger charge is -2.35. The van der Waals surface area contributed by atoms with E-state index >= 15 is 0 Å². The van der Waals surface area contributed by atoms with Gasteiger partial charge in [-0.15, -0.1) is 0 Å². The number of nitrogens with two attached hydrogens (primary N) is 1. The Morgan fingerprint density at radius 1 is 1.25 bits per heavy atom. The number of carbonyl (C=O) groups is 1. The van der Waals surface area contributed by atoms with E-state index in [1.165, 1.54) is 6.26 Å². The minimum Gasteiger partial charge on any atom is -0.356 e. The molecule has 2 aromatic heterocycles. The van der Waals surface area contributed by atoms with Gasteiger partial charge in [-0.3, -0.25) is 4.79 Å². The predicted octanol–water partition coefficient (Wildman–Crippen LogP) is 3.55. The molecular formula is C25H32ClN7O2S. The smallest absolute Gasteiger partial charge is 0.256 e. The van der Waals surface area contributed by atoms with Crippen molar-refractivity contribution in [2.24, 2.45) is 11.7 Å². The number of aromatic nitrogens is 3. The highest BCUT2D eigenvalue weighted by Crippen LogP contribution is 2.34. The molecule has 1 aromatic carbocycles. The first kappa shape index (κ1) is 25.0. The summed E-state index contributed by atoms with van der Waals surface area (Å²) in [6.07, 6.45) is 7.37. The van der Waals surface area contributed by atoms with E-state index in [1.807, 2.05) is 21.7 Å². The van der Waals surface area contributed by atoms with Gasteiger partial charge >= 0.3 is 0 Å². The van der Waals surface area contributed by atoms with Gasteiger partial charge in [0.05, 0.1) is 23.0 Å². The SMILES string of the molecule is Cc1cn2nc(C3CCCCN3C(=O)c3cc(Cl)ccc3NS(C)=O)cc2nc1N1CCC(CN)C1. The zero-order valence-electron chi connectivity index (χ0n) is 20.6. The van der Waals surface area contributed by atoms with Gasteiger partial charge in [0.25, 0.3) is 5.91 Å². The molecule has 1 amide bonds. The van der Waals surface area contributed by atoms with E-state index in [0.29, 0.717) is 35.3 Å². The zero-order valence-corrected chi connectivity index (χ0v) is 22.2. The number of nitrogens with zero attached hydrogens (tertiary/aromatic N) is 5. The molecule has 3 aromatic rings. The van der Waals surface area contributed by atoms with Crippen LogP contribution in [-0.2, 0) is 11.0 Å². The highest BCUT2D eigenvalue weighted by molar-refractivity contribution is 7.85. The number of nitrogens with one attached hydrogen (secondary N) is 1. The van der Waals surface area contributed by atoms with Crippen LogP contribution in [0.3, 0.4) is 0 Å². The Balaban J connectivity index is 1.46. The van der Waals surface area contributed by atoms with Crippen molar-refractivity contribution < 1.29 is 9.00 Å². The van der Waals surface area contributed by atoms with E-state index in [2.05, 4.69) is 16.5 Å². The standard InChI is InChI=1S/C25H32ClN7O2S/c1-16-14-33-23(28-24(16)31-10-8-17(13-27)15-31)12-21(29-33)22-5-3-4-9-32(22)25(34)19-11-18(26)6-7-20(19)30-36(2)35/h6-7,11-12,14,17,22,30H,3-5,8-10,13,15,27H2,1-2H3. The fourth-order valence-electron chi connectivity index (χ4n) is 5.29. The number of hydrogen-bond donors (Lipinski definition) is 2. The normalized spacial score (nSPS) is 21.2. The Kier molecular flexibility index (Phi) is 7.18. The minimum absolute atomic E-state index is 0.151. The van der Waals surface area contributed by atoms with Crippen LogP contribution >= 0.6 is 11.6 Å². The molecule has 192 valence electrons. The lowest BCUT2D eigenvalue weighted by atomic mass is 9.98. The fraction of sp³-hybridized carbons (Fsp3) is 0.480. The molecule has 2 fully saturated rings. The molecule has 3 N–H and O–H groups in total. The summed E-state index contributed by atoms with van der Waals surface area (Å²) in [5.74, 6) is 1.33. The molecule has 9 nitrogen and oxygen atoms in total. The first-order valence-electron chi connectivity index (χ1n) is 12.4. The summed E-state index contributed by atoms with van der Waals surface area (Å²) in [4.78, 5) is 22.9. The second kappa shape index (κ2) is 10.4. The van der Waals surface area contributed by atoms with Gasteiger partial charge in [0.15, 0.2) is 5.65 Å². The summed E-state index contributed by atoms with van der Waals surface area (Å²) in [6, 6.07) is 6.83. The van der Waals surface area contributed by atoms with E-state index in [-0.39, 0.29) is 11.9 Å². The molecule has 11 heteroatoms. The number of rotatable bonds is 6. The molecule has 2 aliphatic heterocycles. The van der Waals surface area contributed by atoms with Crippen molar-refractivity contribution in [3.63, 3.8) is 0 Å². The van der Waals surface area contributed by atoms with Crippen molar-refractivity contribution in [1.29, 1.82) is 0 Å². The predicted molar refractivity (Wildman–Crippen MR) is 144 cm³/mol. The third-order valence-corrected chi connectivity index (χ3v) is 7.86. The van der Waals surface area contributed by atoms with Crippen molar-refractivity contribution in [2.45, 2.75) is 38.6 Å². The molecule has 3 unspecified atom stereocenters. The summed E-state index contributed by atoms with van der Waals surface area (Å²) < 4.78 is 16.5. The van der Waals surface area contributed by atoms with Gasteiger partial charge in [-0.05, 0) is 63.3 Å². The van der Waals surface area contributed by atoms with Crippen molar-refractivity contribution in [1.82, 2.24) is 19.5 Å². The number of amides is 1. The number of hydrogen-bond acceptors (Lipinski definition) is 6. The molecule has 36 heavy (non-hydrogen) atoms. The number of aryl methyl sites for hydroxylation is 1. The molecule has 2 saturated heterocycles. The molecule has 0 radical (unpaired) electrons. The van der Waals surface area contributed by atoms with Crippen LogP contribution in [0.1, 0.15) is 53.3 Å². The maximum atomic E-state index is 13.8. The molecule has 3 atom stereocenters. The summed E-state index contributed by atoms with van der Waals surface area (Å²) in [5, 5.41) is 5.30. The largest absolute Gasteiger partial charge is 0.356 e. The number of fused-ring (bicyclic) bond motifs is 1. The Labute approximate surface area is 218 Å². The van der Waals surface area contributed by atoms with E-state index in [1.54, 1.807) is 18.2 Å². The Morgan fingerprint density at radius 3 is 2.83 bits per heavy atom. The van der Waals surface area contributed by atoms with E-state index in [4.69, 9.17) is 27.4 Å². The van der Waals surface area contributed by atoms with Crippen LogP contribution in [-0.4, -0.2) is 62.0 Å². The number of anilines is 2. The monoisotopic (exact) mass is 529 g/mol. The quantitative estimate of drug-likeness (QED) is 0.505. The van der Waals surface area contributed by atoms with E-state index in [9.17, 15) is 9.00 Å². The first-order chi connectivity index (χ1) is 17.3. The second-order valence-electron chi connectivity index (χ2n) is 9.71. The molecule has 2 aliphatic rings. The van der Waals surface area contributed by atoms with Gasteiger partial charge in [0, 0.05) is 48.7 Å². The lowest BCUT2D eigenvalue weighted by Crippen LogP contribution is -2.39. The highest BCUT2D eigenvalue weighted by atomic mass is 35.5. The lowest BCUT2D eigenvalue weighted by molar-refractivity contribution is 0.0607. The third-order valence-electron chi connectivity index (χ3n) is 7.11. The second-order valence-corrected chi connectivity index (χ2v) is 11.3.